The van der Waals surface area contributed by atoms with E-state index in [4.69, 9.17) is 9.47 Å². The number of carbonyl (C=O) groups is 1. The Hall–Kier alpha value is -2.49. The van der Waals surface area contributed by atoms with Gasteiger partial charge in [-0.3, -0.25) is 4.79 Å². The van der Waals surface area contributed by atoms with E-state index in [-0.39, 0.29) is 5.91 Å². The lowest BCUT2D eigenvalue weighted by atomic mass is 10.1. The molecule has 0 aliphatic carbocycles. The maximum absolute atomic E-state index is 12.4. The fourth-order valence-electron chi connectivity index (χ4n) is 2.22. The number of amides is 1. The Bertz CT molecular complexity index is 665. The summed E-state index contributed by atoms with van der Waals surface area (Å²) in [6.45, 7) is 5.96. The van der Waals surface area contributed by atoms with Gasteiger partial charge in [-0.15, -0.1) is 0 Å². The molecule has 0 saturated carbocycles. The molecule has 2 aromatic carbocycles. The molecule has 2 rings (SSSR count). The molecule has 23 heavy (non-hydrogen) atoms. The van der Waals surface area contributed by atoms with Gasteiger partial charge in [0.15, 0.2) is 6.10 Å². The minimum atomic E-state index is -0.530. The topological polar surface area (TPSA) is 47.6 Å². The lowest BCUT2D eigenvalue weighted by Gasteiger charge is -2.19. The largest absolute Gasteiger partial charge is 0.497 e. The number of nitrogens with one attached hydrogen (secondary N) is 1. The van der Waals surface area contributed by atoms with Crippen molar-refractivity contribution in [2.75, 3.05) is 12.4 Å². The Labute approximate surface area is 137 Å². The monoisotopic (exact) mass is 313 g/mol. The second-order valence-electron chi connectivity index (χ2n) is 5.43. The Morgan fingerprint density at radius 3 is 2.43 bits per heavy atom. The number of hydrogen-bond donors (Lipinski definition) is 1. The van der Waals surface area contributed by atoms with E-state index in [0.29, 0.717) is 6.42 Å². The zero-order valence-electron chi connectivity index (χ0n) is 14.1. The summed E-state index contributed by atoms with van der Waals surface area (Å²) in [5.41, 5.74) is 2.93. The molecular weight excluding hydrogens is 290 g/mol. The summed E-state index contributed by atoms with van der Waals surface area (Å²) < 4.78 is 11.0. The van der Waals surface area contributed by atoms with Crippen LogP contribution in [-0.2, 0) is 4.79 Å². The Morgan fingerprint density at radius 2 is 1.83 bits per heavy atom. The van der Waals surface area contributed by atoms with E-state index in [1.165, 1.54) is 0 Å². The molecule has 4 nitrogen and oxygen atoms in total. The summed E-state index contributed by atoms with van der Waals surface area (Å²) in [6.07, 6.45) is 0.0626. The number of aryl methyl sites for hydroxylation is 1. The fraction of sp³-hybridized carbons (Fsp3) is 0.316. The molecule has 0 saturated heterocycles. The van der Waals surface area contributed by atoms with Gasteiger partial charge in [0.05, 0.1) is 7.11 Å². The maximum Gasteiger partial charge on any atom is 0.265 e. The number of ether oxygens (including phenoxy) is 2. The van der Waals surface area contributed by atoms with Crippen LogP contribution < -0.4 is 14.8 Å². The van der Waals surface area contributed by atoms with Gasteiger partial charge in [-0.05, 0) is 61.7 Å². The normalized spacial score (nSPS) is 11.7. The quantitative estimate of drug-likeness (QED) is 0.873. The molecule has 2 aromatic rings. The molecule has 4 heteroatoms. The first-order valence-corrected chi connectivity index (χ1v) is 7.73. The number of benzene rings is 2. The van der Waals surface area contributed by atoms with E-state index >= 15 is 0 Å². The van der Waals surface area contributed by atoms with Gasteiger partial charge in [0, 0.05) is 5.69 Å². The Kier molecular flexibility index (Phi) is 5.63. The summed E-state index contributed by atoms with van der Waals surface area (Å²) in [5.74, 6) is 1.35. The van der Waals surface area contributed by atoms with Gasteiger partial charge in [-0.2, -0.15) is 0 Å². The highest BCUT2D eigenvalue weighted by molar-refractivity contribution is 5.94. The van der Waals surface area contributed by atoms with E-state index in [2.05, 4.69) is 5.32 Å². The molecule has 0 heterocycles. The molecule has 1 N–H and O–H groups in total. The van der Waals surface area contributed by atoms with E-state index in [0.717, 1.165) is 28.3 Å². The number of methoxy groups -OCH3 is 1. The summed E-state index contributed by atoms with van der Waals surface area (Å²) in [4.78, 5) is 12.4. The van der Waals surface area contributed by atoms with Gasteiger partial charge >= 0.3 is 0 Å². The van der Waals surface area contributed by atoms with E-state index in [1.807, 2.05) is 51.1 Å². The number of hydrogen-bond acceptors (Lipinski definition) is 3. The van der Waals surface area contributed by atoms with Gasteiger partial charge in [0.1, 0.15) is 11.5 Å². The molecule has 0 radical (unpaired) electrons. The van der Waals surface area contributed by atoms with Crippen molar-refractivity contribution in [3.8, 4) is 11.5 Å². The predicted molar refractivity (Wildman–Crippen MR) is 92.2 cm³/mol. The van der Waals surface area contributed by atoms with Crippen LogP contribution in [0.3, 0.4) is 0 Å². The summed E-state index contributed by atoms with van der Waals surface area (Å²) in [6, 6.07) is 13.1. The third-order valence-corrected chi connectivity index (χ3v) is 3.84. The Morgan fingerprint density at radius 1 is 1.13 bits per heavy atom. The van der Waals surface area contributed by atoms with Gasteiger partial charge in [0.25, 0.3) is 5.91 Å². The smallest absolute Gasteiger partial charge is 0.265 e. The molecule has 0 bridgehead atoms. The predicted octanol–water partition coefficient (Wildman–Crippen LogP) is 4.11. The van der Waals surface area contributed by atoms with Crippen LogP contribution in [0.5, 0.6) is 11.5 Å². The molecule has 0 aliphatic heterocycles. The average molecular weight is 313 g/mol. The zero-order valence-corrected chi connectivity index (χ0v) is 14.1. The van der Waals surface area contributed by atoms with Crippen molar-refractivity contribution in [3.63, 3.8) is 0 Å². The fourth-order valence-corrected chi connectivity index (χ4v) is 2.22. The first-order chi connectivity index (χ1) is 11.0. The van der Waals surface area contributed by atoms with Gasteiger partial charge in [0.2, 0.25) is 0 Å². The van der Waals surface area contributed by atoms with Crippen molar-refractivity contribution in [1.29, 1.82) is 0 Å². The zero-order chi connectivity index (χ0) is 16.8. The SMILES string of the molecule is CC[C@@H](Oc1cccc(C)c1C)C(=O)Nc1ccc(OC)cc1. The summed E-state index contributed by atoms with van der Waals surface area (Å²) in [7, 11) is 1.61. The standard InChI is InChI=1S/C19H23NO3/c1-5-17(23-18-8-6-7-13(2)14(18)3)19(21)20-15-9-11-16(22-4)12-10-15/h6-12,17H,5H2,1-4H3,(H,20,21)/t17-/m1/s1. The Balaban J connectivity index is 2.07. The number of carbonyl (C=O) groups excluding carboxylic acids is 1. The molecule has 0 spiro atoms. The van der Waals surface area contributed by atoms with Crippen LogP contribution in [0.4, 0.5) is 5.69 Å². The van der Waals surface area contributed by atoms with Crippen molar-refractivity contribution in [3.05, 3.63) is 53.6 Å². The molecule has 0 unspecified atom stereocenters. The van der Waals surface area contributed by atoms with Gasteiger partial charge in [-0.25, -0.2) is 0 Å². The van der Waals surface area contributed by atoms with Gasteiger partial charge < -0.3 is 14.8 Å². The third kappa shape index (κ3) is 4.25. The van der Waals surface area contributed by atoms with Crippen LogP contribution in [0.25, 0.3) is 0 Å². The molecule has 1 amide bonds. The number of anilines is 1. The minimum Gasteiger partial charge on any atom is -0.497 e. The summed E-state index contributed by atoms with van der Waals surface area (Å²) in [5, 5.41) is 2.88. The molecule has 1 atom stereocenters. The molecule has 122 valence electrons. The van der Waals surface area contributed by atoms with Crippen LogP contribution in [0, 0.1) is 13.8 Å². The van der Waals surface area contributed by atoms with Crippen LogP contribution in [-0.4, -0.2) is 19.1 Å². The van der Waals surface area contributed by atoms with Crippen molar-refractivity contribution in [2.45, 2.75) is 33.3 Å². The maximum atomic E-state index is 12.4. The summed E-state index contributed by atoms with van der Waals surface area (Å²) >= 11 is 0. The highest BCUT2D eigenvalue weighted by Gasteiger charge is 2.19. The van der Waals surface area contributed by atoms with Crippen LogP contribution in [0.15, 0.2) is 42.5 Å². The average Bonchev–Trinajstić information content (AvgIpc) is 2.56. The van der Waals surface area contributed by atoms with Crippen molar-refractivity contribution < 1.29 is 14.3 Å². The van der Waals surface area contributed by atoms with Crippen molar-refractivity contribution >= 4 is 11.6 Å². The molecule has 0 aromatic heterocycles. The first-order valence-electron chi connectivity index (χ1n) is 7.73. The first kappa shape index (κ1) is 16.9. The van der Waals surface area contributed by atoms with Crippen molar-refractivity contribution in [2.24, 2.45) is 0 Å². The highest BCUT2D eigenvalue weighted by Crippen LogP contribution is 2.23. The molecular formula is C19H23NO3. The third-order valence-electron chi connectivity index (χ3n) is 3.84. The van der Waals surface area contributed by atoms with E-state index in [1.54, 1.807) is 19.2 Å². The number of rotatable bonds is 6. The van der Waals surface area contributed by atoms with Crippen LogP contribution >= 0.6 is 0 Å². The second-order valence-corrected chi connectivity index (χ2v) is 5.43. The van der Waals surface area contributed by atoms with E-state index < -0.39 is 6.10 Å². The van der Waals surface area contributed by atoms with Crippen LogP contribution in [0.1, 0.15) is 24.5 Å². The second kappa shape index (κ2) is 7.68. The van der Waals surface area contributed by atoms with Crippen molar-refractivity contribution in [1.82, 2.24) is 0 Å². The molecule has 0 fully saturated rings. The van der Waals surface area contributed by atoms with E-state index in [9.17, 15) is 4.79 Å². The molecule has 0 aliphatic rings. The minimum absolute atomic E-state index is 0.154. The van der Waals surface area contributed by atoms with Gasteiger partial charge in [-0.1, -0.05) is 19.1 Å². The lowest BCUT2D eigenvalue weighted by molar-refractivity contribution is -0.122. The lowest BCUT2D eigenvalue weighted by Crippen LogP contribution is -2.32. The highest BCUT2D eigenvalue weighted by atomic mass is 16.5. The van der Waals surface area contributed by atoms with Crippen LogP contribution in [0.2, 0.25) is 0 Å².